The molecule has 0 aliphatic heterocycles. The van der Waals surface area contributed by atoms with Crippen molar-refractivity contribution in [2.45, 2.75) is 11.8 Å². The van der Waals surface area contributed by atoms with E-state index >= 15 is 0 Å². The number of anilines is 1. The smallest absolute Gasteiger partial charge is 0.264 e. The fourth-order valence-corrected chi connectivity index (χ4v) is 4.27. The third kappa shape index (κ3) is 3.25. The van der Waals surface area contributed by atoms with Gasteiger partial charge in [0, 0.05) is 24.0 Å². The van der Waals surface area contributed by atoms with Crippen LogP contribution in [-0.2, 0) is 10.0 Å². The van der Waals surface area contributed by atoms with E-state index in [-0.39, 0.29) is 4.90 Å². The molecule has 0 bridgehead atoms. The summed E-state index contributed by atoms with van der Waals surface area (Å²) in [5.74, 6) is 0.615. The Morgan fingerprint density at radius 1 is 1.04 bits per heavy atom. The van der Waals surface area contributed by atoms with E-state index in [1.807, 2.05) is 37.3 Å². The summed E-state index contributed by atoms with van der Waals surface area (Å²) in [4.78, 5) is 3.32. The highest BCUT2D eigenvalue weighted by molar-refractivity contribution is 7.92. The second-order valence-corrected chi connectivity index (χ2v) is 7.31. The molecule has 0 saturated carbocycles. The normalized spacial score (nSPS) is 11.3. The quantitative estimate of drug-likeness (QED) is 0.728. The molecule has 3 rings (SSSR count). The standard InChI is InChI=1S/C19H20N2O3S/c1-3-21(15-8-5-4-6-9-15)25(22,23)16-11-12-19(24-2)17(14-16)18-10-7-13-20-18/h4-14,20H,3H2,1-2H3. The summed E-state index contributed by atoms with van der Waals surface area (Å²) >= 11 is 0. The number of H-pyrrole nitrogens is 1. The number of sulfonamides is 1. The second kappa shape index (κ2) is 7.03. The van der Waals surface area contributed by atoms with Crippen molar-refractivity contribution in [1.29, 1.82) is 0 Å². The van der Waals surface area contributed by atoms with Gasteiger partial charge in [0.25, 0.3) is 10.0 Å². The highest BCUT2D eigenvalue weighted by Crippen LogP contribution is 2.33. The zero-order valence-electron chi connectivity index (χ0n) is 14.1. The number of nitrogens with zero attached hydrogens (tertiary/aromatic N) is 1. The van der Waals surface area contributed by atoms with Crippen LogP contribution in [0.4, 0.5) is 5.69 Å². The van der Waals surface area contributed by atoms with E-state index in [1.54, 1.807) is 43.6 Å². The molecule has 0 aliphatic rings. The third-order valence-electron chi connectivity index (χ3n) is 3.98. The van der Waals surface area contributed by atoms with Crippen molar-refractivity contribution in [1.82, 2.24) is 4.98 Å². The average molecular weight is 356 g/mol. The maximum atomic E-state index is 13.2. The Kier molecular flexibility index (Phi) is 4.81. The van der Waals surface area contributed by atoms with Crippen molar-refractivity contribution in [2.75, 3.05) is 18.0 Å². The van der Waals surface area contributed by atoms with Gasteiger partial charge < -0.3 is 9.72 Å². The van der Waals surface area contributed by atoms with E-state index in [2.05, 4.69) is 4.98 Å². The average Bonchev–Trinajstić information content (AvgIpc) is 3.17. The van der Waals surface area contributed by atoms with Gasteiger partial charge in [-0.2, -0.15) is 0 Å². The van der Waals surface area contributed by atoms with Crippen LogP contribution >= 0.6 is 0 Å². The van der Waals surface area contributed by atoms with E-state index in [9.17, 15) is 8.42 Å². The van der Waals surface area contributed by atoms with Gasteiger partial charge in [-0.05, 0) is 49.4 Å². The van der Waals surface area contributed by atoms with Gasteiger partial charge in [-0.1, -0.05) is 18.2 Å². The summed E-state index contributed by atoms with van der Waals surface area (Å²) in [5.41, 5.74) is 2.15. The topological polar surface area (TPSA) is 62.4 Å². The minimum atomic E-state index is -3.68. The third-order valence-corrected chi connectivity index (χ3v) is 5.88. The first-order valence-corrected chi connectivity index (χ1v) is 9.41. The van der Waals surface area contributed by atoms with E-state index in [0.29, 0.717) is 23.5 Å². The predicted octanol–water partition coefficient (Wildman–Crippen LogP) is 3.91. The number of hydrogen-bond donors (Lipinski definition) is 1. The van der Waals surface area contributed by atoms with Crippen LogP contribution in [0.5, 0.6) is 5.75 Å². The van der Waals surface area contributed by atoms with Gasteiger partial charge in [-0.15, -0.1) is 0 Å². The van der Waals surface area contributed by atoms with Crippen molar-refractivity contribution in [3.05, 3.63) is 66.9 Å². The molecule has 0 fully saturated rings. The lowest BCUT2D eigenvalue weighted by molar-refractivity contribution is 0.416. The second-order valence-electron chi connectivity index (χ2n) is 5.45. The molecule has 2 aromatic carbocycles. The SMILES string of the molecule is CCN(c1ccccc1)S(=O)(=O)c1ccc(OC)c(-c2ccc[nH]2)c1. The Labute approximate surface area is 147 Å². The van der Waals surface area contributed by atoms with Gasteiger partial charge in [0.15, 0.2) is 0 Å². The van der Waals surface area contributed by atoms with Crippen LogP contribution in [0.2, 0.25) is 0 Å². The van der Waals surface area contributed by atoms with E-state index in [4.69, 9.17) is 4.74 Å². The van der Waals surface area contributed by atoms with Gasteiger partial charge >= 0.3 is 0 Å². The van der Waals surface area contributed by atoms with Crippen LogP contribution in [0, 0.1) is 0 Å². The summed E-state index contributed by atoms with van der Waals surface area (Å²) in [6.45, 7) is 2.16. The van der Waals surface area contributed by atoms with Gasteiger partial charge in [0.05, 0.1) is 17.7 Å². The maximum absolute atomic E-state index is 13.2. The molecule has 130 valence electrons. The number of nitrogens with one attached hydrogen (secondary N) is 1. The van der Waals surface area contributed by atoms with Crippen molar-refractivity contribution < 1.29 is 13.2 Å². The highest BCUT2D eigenvalue weighted by atomic mass is 32.2. The molecule has 0 atom stereocenters. The zero-order chi connectivity index (χ0) is 17.9. The lowest BCUT2D eigenvalue weighted by Gasteiger charge is -2.23. The molecule has 1 heterocycles. The monoisotopic (exact) mass is 356 g/mol. The number of rotatable bonds is 6. The molecule has 1 aromatic heterocycles. The molecular weight excluding hydrogens is 336 g/mol. The van der Waals surface area contributed by atoms with Gasteiger partial charge in [0.1, 0.15) is 5.75 Å². The van der Waals surface area contributed by atoms with Crippen LogP contribution in [0.15, 0.2) is 71.8 Å². The van der Waals surface area contributed by atoms with Crippen LogP contribution in [0.3, 0.4) is 0 Å². The molecule has 0 saturated heterocycles. The maximum Gasteiger partial charge on any atom is 0.264 e. The van der Waals surface area contributed by atoms with E-state index < -0.39 is 10.0 Å². The van der Waals surface area contributed by atoms with E-state index in [1.165, 1.54) is 4.31 Å². The van der Waals surface area contributed by atoms with Crippen molar-refractivity contribution in [3.63, 3.8) is 0 Å². The number of hydrogen-bond acceptors (Lipinski definition) is 3. The fourth-order valence-electron chi connectivity index (χ4n) is 2.77. The number of aromatic amines is 1. The lowest BCUT2D eigenvalue weighted by atomic mass is 10.1. The van der Waals surface area contributed by atoms with Crippen molar-refractivity contribution in [3.8, 4) is 17.0 Å². The summed E-state index contributed by atoms with van der Waals surface area (Å²) in [5, 5.41) is 0. The molecule has 0 radical (unpaired) electrons. The summed E-state index contributed by atoms with van der Waals surface area (Å²) in [7, 11) is -2.11. The van der Waals surface area contributed by atoms with Gasteiger partial charge in [0.2, 0.25) is 0 Å². The molecule has 0 aliphatic carbocycles. The number of aromatic nitrogens is 1. The molecule has 5 nitrogen and oxygen atoms in total. The van der Waals surface area contributed by atoms with Crippen molar-refractivity contribution in [2.24, 2.45) is 0 Å². The summed E-state index contributed by atoms with van der Waals surface area (Å²) in [6, 6.07) is 17.7. The first kappa shape index (κ1) is 17.1. The molecule has 0 amide bonds. The first-order valence-electron chi connectivity index (χ1n) is 7.97. The minimum absolute atomic E-state index is 0.226. The van der Waals surface area contributed by atoms with Crippen LogP contribution < -0.4 is 9.04 Å². The zero-order valence-corrected chi connectivity index (χ0v) is 15.0. The number of benzene rings is 2. The molecule has 0 unspecified atom stereocenters. The minimum Gasteiger partial charge on any atom is -0.496 e. The number of ether oxygens (including phenoxy) is 1. The molecule has 25 heavy (non-hydrogen) atoms. The Bertz CT molecular complexity index is 936. The van der Waals surface area contributed by atoms with Gasteiger partial charge in [-0.25, -0.2) is 8.42 Å². The highest BCUT2D eigenvalue weighted by Gasteiger charge is 2.25. The fraction of sp³-hybridized carbons (Fsp3) is 0.158. The van der Waals surface area contributed by atoms with Gasteiger partial charge in [-0.3, -0.25) is 4.31 Å². The predicted molar refractivity (Wildman–Crippen MR) is 99.4 cm³/mol. The summed E-state index contributed by atoms with van der Waals surface area (Å²) in [6.07, 6.45) is 1.79. The van der Waals surface area contributed by atoms with Crippen LogP contribution in [0.1, 0.15) is 6.92 Å². The van der Waals surface area contributed by atoms with Crippen molar-refractivity contribution >= 4 is 15.7 Å². The Hall–Kier alpha value is -2.73. The Balaban J connectivity index is 2.10. The van der Waals surface area contributed by atoms with Crippen LogP contribution in [-0.4, -0.2) is 27.1 Å². The number of para-hydroxylation sites is 1. The molecule has 1 N–H and O–H groups in total. The molecule has 0 spiro atoms. The van der Waals surface area contributed by atoms with E-state index in [0.717, 1.165) is 5.69 Å². The Morgan fingerprint density at radius 2 is 1.80 bits per heavy atom. The molecule has 6 heteroatoms. The molecule has 3 aromatic rings. The lowest BCUT2D eigenvalue weighted by Crippen LogP contribution is -2.30. The number of methoxy groups -OCH3 is 1. The Morgan fingerprint density at radius 3 is 2.40 bits per heavy atom. The molecular formula is C19H20N2O3S. The summed E-state index contributed by atoms with van der Waals surface area (Å²) < 4.78 is 33.1. The first-order chi connectivity index (χ1) is 12.1. The van der Waals surface area contributed by atoms with Crippen LogP contribution in [0.25, 0.3) is 11.3 Å². The largest absolute Gasteiger partial charge is 0.496 e.